The molecule has 0 unspecified atom stereocenters. The number of ether oxygens (including phenoxy) is 1. The number of hydrogen-bond donors (Lipinski definition) is 1. The summed E-state index contributed by atoms with van der Waals surface area (Å²) in [5.41, 5.74) is 2.04. The first-order valence-corrected chi connectivity index (χ1v) is 9.75. The van der Waals surface area contributed by atoms with Crippen molar-refractivity contribution in [3.05, 3.63) is 47.2 Å². The number of amides is 1. The number of nitrogens with zero attached hydrogens (tertiary/aromatic N) is 3. The van der Waals surface area contributed by atoms with E-state index in [9.17, 15) is 18.0 Å². The summed E-state index contributed by atoms with van der Waals surface area (Å²) < 4.78 is 47.5. The van der Waals surface area contributed by atoms with Crippen LogP contribution in [0.5, 0.6) is 0 Å². The van der Waals surface area contributed by atoms with Crippen molar-refractivity contribution in [2.75, 3.05) is 31.6 Å². The third-order valence-electron chi connectivity index (χ3n) is 5.56. The van der Waals surface area contributed by atoms with Crippen molar-refractivity contribution in [1.29, 1.82) is 0 Å². The van der Waals surface area contributed by atoms with Crippen LogP contribution < -0.4 is 5.32 Å². The van der Waals surface area contributed by atoms with E-state index in [2.05, 4.69) is 10.4 Å². The molecule has 2 aliphatic rings. The first kappa shape index (κ1) is 19.8. The monoisotopic (exact) mass is 408 g/mol. The molecule has 2 atom stereocenters. The van der Waals surface area contributed by atoms with E-state index >= 15 is 0 Å². The fraction of sp³-hybridized carbons (Fsp3) is 0.500. The maximum atomic E-state index is 13.8. The van der Waals surface area contributed by atoms with E-state index < -0.39 is 18.3 Å². The van der Waals surface area contributed by atoms with Gasteiger partial charge in [-0.25, -0.2) is 4.68 Å². The molecule has 4 rings (SSSR count). The summed E-state index contributed by atoms with van der Waals surface area (Å²) >= 11 is 0. The number of carbonyl (C=O) groups excluding carboxylic acids is 1. The van der Waals surface area contributed by atoms with Crippen LogP contribution in [0.4, 0.5) is 19.0 Å². The Balaban J connectivity index is 1.68. The Labute approximate surface area is 166 Å². The molecule has 3 heterocycles. The zero-order valence-electron chi connectivity index (χ0n) is 16.1. The normalized spacial score (nSPS) is 22.1. The molecule has 2 aromatic rings. The quantitative estimate of drug-likeness (QED) is 0.844. The molecule has 0 bridgehead atoms. The molecule has 0 aliphatic carbocycles. The minimum Gasteiger partial charge on any atom is -0.378 e. The van der Waals surface area contributed by atoms with Gasteiger partial charge in [-0.05, 0) is 17.5 Å². The Morgan fingerprint density at radius 1 is 1.24 bits per heavy atom. The first-order valence-electron chi connectivity index (χ1n) is 9.75. The highest BCUT2D eigenvalue weighted by Crippen LogP contribution is 2.44. The van der Waals surface area contributed by atoms with E-state index in [1.54, 1.807) is 4.90 Å². The molecule has 9 heteroatoms. The van der Waals surface area contributed by atoms with Crippen molar-refractivity contribution in [2.45, 2.75) is 38.0 Å². The van der Waals surface area contributed by atoms with Crippen molar-refractivity contribution in [2.24, 2.45) is 0 Å². The fourth-order valence-corrected chi connectivity index (χ4v) is 3.86. The third-order valence-corrected chi connectivity index (χ3v) is 5.56. The molecule has 2 aliphatic heterocycles. The number of morpholine rings is 1. The molecular weight excluding hydrogens is 385 g/mol. The predicted octanol–water partition coefficient (Wildman–Crippen LogP) is 3.58. The van der Waals surface area contributed by atoms with Crippen LogP contribution in [0.1, 0.15) is 46.9 Å². The molecule has 0 spiro atoms. The van der Waals surface area contributed by atoms with E-state index in [1.165, 1.54) is 6.20 Å². The van der Waals surface area contributed by atoms with Gasteiger partial charge in [-0.1, -0.05) is 31.2 Å². The van der Waals surface area contributed by atoms with Gasteiger partial charge in [0.25, 0.3) is 5.91 Å². The second-order valence-corrected chi connectivity index (χ2v) is 7.34. The number of hydrogen-bond acceptors (Lipinski definition) is 4. The summed E-state index contributed by atoms with van der Waals surface area (Å²) in [6.07, 6.45) is -2.56. The van der Waals surface area contributed by atoms with Crippen LogP contribution in [0.3, 0.4) is 0 Å². The van der Waals surface area contributed by atoms with E-state index in [0.29, 0.717) is 26.3 Å². The molecule has 0 saturated carbocycles. The van der Waals surface area contributed by atoms with Crippen molar-refractivity contribution < 1.29 is 22.7 Å². The number of rotatable bonds is 3. The lowest BCUT2D eigenvalue weighted by Crippen LogP contribution is -2.41. The Kier molecular flexibility index (Phi) is 5.24. The van der Waals surface area contributed by atoms with Gasteiger partial charge in [0.15, 0.2) is 6.04 Å². The third kappa shape index (κ3) is 3.83. The van der Waals surface area contributed by atoms with Crippen LogP contribution in [-0.4, -0.2) is 53.1 Å². The molecule has 1 amide bonds. The number of alkyl halides is 3. The van der Waals surface area contributed by atoms with E-state index in [-0.39, 0.29) is 23.7 Å². The summed E-state index contributed by atoms with van der Waals surface area (Å²) in [6, 6.07) is 5.18. The number of benzene rings is 1. The van der Waals surface area contributed by atoms with E-state index in [4.69, 9.17) is 4.74 Å². The number of carbonyl (C=O) groups is 1. The second kappa shape index (κ2) is 7.70. The summed E-state index contributed by atoms with van der Waals surface area (Å²) in [5.74, 6) is -0.204. The number of nitrogens with one attached hydrogen (secondary N) is 1. The van der Waals surface area contributed by atoms with Crippen LogP contribution >= 0.6 is 0 Å². The maximum absolute atomic E-state index is 13.8. The molecule has 0 radical (unpaired) electrons. The van der Waals surface area contributed by atoms with Crippen molar-refractivity contribution >= 4 is 11.7 Å². The molecular formula is C20H23F3N4O2. The van der Waals surface area contributed by atoms with Gasteiger partial charge in [0.05, 0.1) is 25.5 Å². The second-order valence-electron chi connectivity index (χ2n) is 7.34. The van der Waals surface area contributed by atoms with E-state index in [1.807, 2.05) is 31.2 Å². The predicted molar refractivity (Wildman–Crippen MR) is 101 cm³/mol. The van der Waals surface area contributed by atoms with Gasteiger partial charge in [-0.2, -0.15) is 18.3 Å². The van der Waals surface area contributed by atoms with Gasteiger partial charge in [0.1, 0.15) is 11.4 Å². The Hall–Kier alpha value is -2.55. The lowest BCUT2D eigenvalue weighted by atomic mass is 9.95. The molecule has 1 fully saturated rings. The average molecular weight is 408 g/mol. The molecule has 6 nitrogen and oxygen atoms in total. The summed E-state index contributed by atoms with van der Waals surface area (Å²) in [6.45, 7) is 3.68. The van der Waals surface area contributed by atoms with Gasteiger partial charge >= 0.3 is 6.18 Å². The largest absolute Gasteiger partial charge is 0.410 e. The molecule has 1 aromatic heterocycles. The van der Waals surface area contributed by atoms with Crippen LogP contribution in [0.25, 0.3) is 0 Å². The number of aromatic nitrogens is 2. The highest BCUT2D eigenvalue weighted by Gasteiger charge is 2.47. The molecule has 1 aromatic carbocycles. The van der Waals surface area contributed by atoms with Gasteiger partial charge in [0, 0.05) is 19.5 Å². The highest BCUT2D eigenvalue weighted by molar-refractivity contribution is 5.99. The number of fused-ring (bicyclic) bond motifs is 1. The Morgan fingerprint density at radius 2 is 1.93 bits per heavy atom. The van der Waals surface area contributed by atoms with Crippen LogP contribution in [0.2, 0.25) is 0 Å². The van der Waals surface area contributed by atoms with Gasteiger partial charge in [0.2, 0.25) is 0 Å². The lowest BCUT2D eigenvalue weighted by molar-refractivity contribution is -0.173. The molecule has 29 heavy (non-hydrogen) atoms. The highest BCUT2D eigenvalue weighted by atomic mass is 19.4. The fourth-order valence-electron chi connectivity index (χ4n) is 3.86. The number of anilines is 1. The standard InChI is InChI=1S/C20H23F3N4O2/c1-2-13-3-5-14(6-4-13)16-11-17(20(21,22)23)27-18(25-16)15(12-24-27)19(28)26-7-9-29-10-8-26/h3-6,12,16-17,25H,2,7-11H2,1H3/t16-,17+/m0/s1. The zero-order chi connectivity index (χ0) is 20.6. The average Bonchev–Trinajstić information content (AvgIpc) is 3.16. The van der Waals surface area contributed by atoms with Crippen LogP contribution in [-0.2, 0) is 11.2 Å². The van der Waals surface area contributed by atoms with E-state index in [0.717, 1.165) is 22.2 Å². The summed E-state index contributed by atoms with van der Waals surface area (Å²) in [4.78, 5) is 14.5. The van der Waals surface area contributed by atoms with Crippen molar-refractivity contribution in [3.8, 4) is 0 Å². The minimum atomic E-state index is -4.47. The lowest BCUT2D eigenvalue weighted by Gasteiger charge is -2.34. The molecule has 1 saturated heterocycles. The van der Waals surface area contributed by atoms with Gasteiger partial charge in [-0.15, -0.1) is 0 Å². The smallest absolute Gasteiger partial charge is 0.378 e. The van der Waals surface area contributed by atoms with Gasteiger partial charge < -0.3 is 15.0 Å². The van der Waals surface area contributed by atoms with Crippen LogP contribution in [0.15, 0.2) is 30.5 Å². The zero-order valence-corrected chi connectivity index (χ0v) is 16.1. The first-order chi connectivity index (χ1) is 13.9. The van der Waals surface area contributed by atoms with Crippen molar-refractivity contribution in [1.82, 2.24) is 14.7 Å². The number of aryl methyl sites for hydroxylation is 1. The molecule has 1 N–H and O–H groups in total. The maximum Gasteiger partial charge on any atom is 0.410 e. The Bertz CT molecular complexity index is 873. The SMILES string of the molecule is CCc1ccc([C@@H]2C[C@H](C(F)(F)F)n3ncc(C(=O)N4CCOCC4)c3N2)cc1. The Morgan fingerprint density at radius 3 is 2.55 bits per heavy atom. The topological polar surface area (TPSA) is 59.4 Å². The van der Waals surface area contributed by atoms with Crippen molar-refractivity contribution in [3.63, 3.8) is 0 Å². The molecule has 156 valence electrons. The van der Waals surface area contributed by atoms with Crippen LogP contribution in [0, 0.1) is 0 Å². The minimum absolute atomic E-state index is 0.125. The number of halogens is 3. The summed E-state index contributed by atoms with van der Waals surface area (Å²) in [7, 11) is 0. The summed E-state index contributed by atoms with van der Waals surface area (Å²) in [5, 5.41) is 7.07. The van der Waals surface area contributed by atoms with Gasteiger partial charge in [-0.3, -0.25) is 4.79 Å².